The number of sulfonamides is 1. The van der Waals surface area contributed by atoms with Crippen molar-refractivity contribution < 1.29 is 12.9 Å². The zero-order valence-electron chi connectivity index (χ0n) is 14.2. The number of benzene rings is 1. The molecule has 1 atom stereocenters. The van der Waals surface area contributed by atoms with E-state index in [-0.39, 0.29) is 4.90 Å². The van der Waals surface area contributed by atoms with Gasteiger partial charge in [0, 0.05) is 24.1 Å². The van der Waals surface area contributed by atoms with E-state index < -0.39 is 10.0 Å². The molecular formula is C17H22N2O3S2. The molecule has 1 aliphatic rings. The topological polar surface area (TPSA) is 63.4 Å². The molecular weight excluding hydrogens is 344 g/mol. The van der Waals surface area contributed by atoms with Crippen molar-refractivity contribution in [3.63, 3.8) is 0 Å². The van der Waals surface area contributed by atoms with Crippen LogP contribution in [0, 0.1) is 20.8 Å². The van der Waals surface area contributed by atoms with Crippen LogP contribution in [0.5, 0.6) is 0 Å². The van der Waals surface area contributed by atoms with E-state index in [1.165, 1.54) is 11.1 Å². The molecule has 1 aromatic heterocycles. The fraction of sp³-hybridized carbons (Fsp3) is 0.471. The van der Waals surface area contributed by atoms with Crippen LogP contribution in [-0.2, 0) is 10.0 Å². The number of aryl methyl sites for hydroxylation is 3. The normalized spacial score (nSPS) is 20.0. The molecule has 0 aliphatic carbocycles. The first-order valence-electron chi connectivity index (χ1n) is 8.01. The highest BCUT2D eigenvalue weighted by Gasteiger charge is 2.33. The van der Waals surface area contributed by atoms with Crippen LogP contribution in [0.4, 0.5) is 0 Å². The van der Waals surface area contributed by atoms with Gasteiger partial charge in [0.25, 0.3) is 0 Å². The van der Waals surface area contributed by atoms with Gasteiger partial charge in [-0.2, -0.15) is 16.1 Å². The summed E-state index contributed by atoms with van der Waals surface area (Å²) in [6.45, 7) is 6.46. The zero-order chi connectivity index (χ0) is 17.3. The first-order chi connectivity index (χ1) is 11.4. The van der Waals surface area contributed by atoms with Crippen molar-refractivity contribution in [1.29, 1.82) is 0 Å². The number of thioether (sulfide) groups is 1. The smallest absolute Gasteiger partial charge is 0.248 e. The maximum Gasteiger partial charge on any atom is 0.248 e. The van der Waals surface area contributed by atoms with Crippen LogP contribution in [0.3, 0.4) is 0 Å². The highest BCUT2D eigenvalue weighted by molar-refractivity contribution is 7.99. The van der Waals surface area contributed by atoms with Crippen molar-refractivity contribution in [2.75, 3.05) is 18.8 Å². The Hall–Kier alpha value is -1.31. The molecule has 0 radical (unpaired) electrons. The van der Waals surface area contributed by atoms with Gasteiger partial charge in [-0.25, -0.2) is 8.42 Å². The molecule has 1 saturated heterocycles. The largest absolute Gasteiger partial charge is 0.360 e. The fourth-order valence-corrected chi connectivity index (χ4v) is 6.35. The molecule has 0 bridgehead atoms. The Balaban J connectivity index is 1.82. The standard InChI is InChI=1S/C17H22N2O3S2/c1-12-6-4-5-7-15(12)16-8-9-19(10-11-23-16)24(20,21)17-13(2)18-22-14(17)3/h4-7,16H,8-11H2,1-3H3/t16-/m0/s1. The predicted molar refractivity (Wildman–Crippen MR) is 95.7 cm³/mol. The van der Waals surface area contributed by atoms with Gasteiger partial charge in [0.2, 0.25) is 10.0 Å². The molecule has 0 amide bonds. The van der Waals surface area contributed by atoms with Crippen LogP contribution in [-0.4, -0.2) is 36.7 Å². The SMILES string of the molecule is Cc1ccccc1[C@@H]1CCN(S(=O)(=O)c2c(C)noc2C)CCS1. The molecule has 3 rings (SSSR count). The third-order valence-corrected chi connectivity index (χ3v) is 7.86. The lowest BCUT2D eigenvalue weighted by molar-refractivity contribution is 0.388. The Kier molecular flexibility index (Phi) is 5.03. The van der Waals surface area contributed by atoms with Crippen molar-refractivity contribution in [2.24, 2.45) is 0 Å². The van der Waals surface area contributed by atoms with Crippen LogP contribution in [0.2, 0.25) is 0 Å². The van der Waals surface area contributed by atoms with Crippen LogP contribution in [0.15, 0.2) is 33.7 Å². The van der Waals surface area contributed by atoms with Gasteiger partial charge in [-0.05, 0) is 38.3 Å². The number of nitrogens with zero attached hydrogens (tertiary/aromatic N) is 2. The Morgan fingerprint density at radius 2 is 1.96 bits per heavy atom. The minimum absolute atomic E-state index is 0.224. The van der Waals surface area contributed by atoms with Gasteiger partial charge in [-0.3, -0.25) is 0 Å². The van der Waals surface area contributed by atoms with Crippen LogP contribution in [0.25, 0.3) is 0 Å². The van der Waals surface area contributed by atoms with E-state index >= 15 is 0 Å². The van der Waals surface area contributed by atoms with Gasteiger partial charge in [-0.15, -0.1) is 0 Å². The molecule has 5 nitrogen and oxygen atoms in total. The second kappa shape index (κ2) is 6.90. The Labute approximate surface area is 147 Å². The van der Waals surface area contributed by atoms with E-state index in [1.807, 2.05) is 23.9 Å². The lowest BCUT2D eigenvalue weighted by Gasteiger charge is -2.20. The van der Waals surface area contributed by atoms with Gasteiger partial charge in [0.15, 0.2) is 5.76 Å². The van der Waals surface area contributed by atoms with Crippen molar-refractivity contribution in [2.45, 2.75) is 37.3 Å². The van der Waals surface area contributed by atoms with E-state index in [2.05, 4.69) is 24.2 Å². The maximum absolute atomic E-state index is 13.0. The molecule has 24 heavy (non-hydrogen) atoms. The second-order valence-corrected chi connectivity index (χ2v) is 9.25. The van der Waals surface area contributed by atoms with Crippen molar-refractivity contribution in [3.05, 3.63) is 46.8 Å². The molecule has 130 valence electrons. The Morgan fingerprint density at radius 1 is 1.21 bits per heavy atom. The van der Waals surface area contributed by atoms with Gasteiger partial charge in [-0.1, -0.05) is 29.4 Å². The summed E-state index contributed by atoms with van der Waals surface area (Å²) in [5.41, 5.74) is 3.00. The average Bonchev–Trinajstić information content (AvgIpc) is 2.76. The van der Waals surface area contributed by atoms with E-state index in [9.17, 15) is 8.42 Å². The minimum atomic E-state index is -3.56. The van der Waals surface area contributed by atoms with Crippen molar-refractivity contribution in [3.8, 4) is 0 Å². The molecule has 2 heterocycles. The predicted octanol–water partition coefficient (Wildman–Crippen LogP) is 3.47. The third-order valence-electron chi connectivity index (χ3n) is 4.40. The average molecular weight is 367 g/mol. The molecule has 1 aliphatic heterocycles. The highest BCUT2D eigenvalue weighted by atomic mass is 32.2. The zero-order valence-corrected chi connectivity index (χ0v) is 15.8. The number of rotatable bonds is 3. The summed E-state index contributed by atoms with van der Waals surface area (Å²) < 4.78 is 32.6. The quantitative estimate of drug-likeness (QED) is 0.832. The molecule has 1 aromatic carbocycles. The Morgan fingerprint density at radius 3 is 2.62 bits per heavy atom. The molecule has 0 N–H and O–H groups in total. The summed E-state index contributed by atoms with van der Waals surface area (Å²) in [7, 11) is -3.56. The summed E-state index contributed by atoms with van der Waals surface area (Å²) in [5, 5.41) is 4.12. The molecule has 7 heteroatoms. The number of hydrogen-bond donors (Lipinski definition) is 0. The van der Waals surface area contributed by atoms with E-state index in [0.717, 1.165) is 12.2 Å². The second-order valence-electron chi connectivity index (χ2n) is 6.06. The van der Waals surface area contributed by atoms with Crippen LogP contribution >= 0.6 is 11.8 Å². The maximum atomic E-state index is 13.0. The molecule has 0 unspecified atom stereocenters. The highest BCUT2D eigenvalue weighted by Crippen LogP contribution is 2.37. The first-order valence-corrected chi connectivity index (χ1v) is 10.5. The summed E-state index contributed by atoms with van der Waals surface area (Å²) in [6.07, 6.45) is 0.804. The summed E-state index contributed by atoms with van der Waals surface area (Å²) >= 11 is 1.83. The number of aromatic nitrogens is 1. The van der Waals surface area contributed by atoms with Gasteiger partial charge < -0.3 is 4.52 Å². The molecule has 0 spiro atoms. The van der Waals surface area contributed by atoms with E-state index in [4.69, 9.17) is 4.52 Å². The minimum Gasteiger partial charge on any atom is -0.360 e. The first kappa shape index (κ1) is 17.5. The molecule has 2 aromatic rings. The van der Waals surface area contributed by atoms with Crippen molar-refractivity contribution >= 4 is 21.8 Å². The molecule has 0 saturated carbocycles. The molecule has 1 fully saturated rings. The Bertz CT molecular complexity index is 811. The lowest BCUT2D eigenvalue weighted by atomic mass is 10.0. The fourth-order valence-electron chi connectivity index (χ4n) is 3.16. The van der Waals surface area contributed by atoms with Crippen LogP contribution < -0.4 is 0 Å². The van der Waals surface area contributed by atoms with E-state index in [1.54, 1.807) is 18.2 Å². The van der Waals surface area contributed by atoms with Gasteiger partial charge >= 0.3 is 0 Å². The number of hydrogen-bond acceptors (Lipinski definition) is 5. The van der Waals surface area contributed by atoms with E-state index in [0.29, 0.717) is 29.8 Å². The summed E-state index contributed by atoms with van der Waals surface area (Å²) in [5.74, 6) is 1.14. The van der Waals surface area contributed by atoms with Gasteiger partial charge in [0.1, 0.15) is 10.6 Å². The van der Waals surface area contributed by atoms with Gasteiger partial charge in [0.05, 0.1) is 0 Å². The third kappa shape index (κ3) is 3.25. The lowest BCUT2D eigenvalue weighted by Crippen LogP contribution is -2.33. The summed E-state index contributed by atoms with van der Waals surface area (Å²) in [4.78, 5) is 0.224. The monoisotopic (exact) mass is 366 g/mol. The summed E-state index contributed by atoms with van der Waals surface area (Å²) in [6, 6.07) is 8.34. The van der Waals surface area contributed by atoms with Crippen molar-refractivity contribution in [1.82, 2.24) is 9.46 Å². The van der Waals surface area contributed by atoms with Crippen LogP contribution in [0.1, 0.15) is 34.3 Å².